The number of carbonyl (C=O) groups excluding carboxylic acids is 1. The van der Waals surface area contributed by atoms with Crippen LogP contribution in [0.3, 0.4) is 0 Å². The standard InChI is InChI=1S/C8H17NO3/c1-5-8(3,4)12-9-7(10)11-6-2/h5-6H2,1-4H3,(H,9,10). The van der Waals surface area contributed by atoms with E-state index in [2.05, 4.69) is 10.2 Å². The van der Waals surface area contributed by atoms with E-state index in [0.29, 0.717) is 6.61 Å². The Morgan fingerprint density at radius 2 is 2.00 bits per heavy atom. The summed E-state index contributed by atoms with van der Waals surface area (Å²) in [4.78, 5) is 15.8. The van der Waals surface area contributed by atoms with Crippen LogP contribution in [0.4, 0.5) is 4.79 Å². The largest absolute Gasteiger partial charge is 0.448 e. The van der Waals surface area contributed by atoms with Gasteiger partial charge in [-0.25, -0.2) is 4.79 Å². The minimum atomic E-state index is -0.543. The Labute approximate surface area is 73.2 Å². The van der Waals surface area contributed by atoms with E-state index in [1.165, 1.54) is 0 Å². The third-order valence-electron chi connectivity index (χ3n) is 1.54. The number of hydrogen-bond acceptors (Lipinski definition) is 3. The van der Waals surface area contributed by atoms with Crippen LogP contribution in [0.15, 0.2) is 0 Å². The summed E-state index contributed by atoms with van der Waals surface area (Å²) in [6.45, 7) is 7.84. The summed E-state index contributed by atoms with van der Waals surface area (Å²) in [5.74, 6) is 0. The highest BCUT2D eigenvalue weighted by molar-refractivity contribution is 5.65. The summed E-state index contributed by atoms with van der Waals surface area (Å²) in [6, 6.07) is 0. The molecule has 0 saturated heterocycles. The smallest absolute Gasteiger partial charge is 0.431 e. The molecule has 12 heavy (non-hydrogen) atoms. The first-order valence-corrected chi connectivity index (χ1v) is 4.12. The molecule has 0 atom stereocenters. The molecule has 0 heterocycles. The van der Waals surface area contributed by atoms with E-state index in [1.54, 1.807) is 6.92 Å². The van der Waals surface area contributed by atoms with Crippen LogP contribution < -0.4 is 5.48 Å². The number of hydrogen-bond donors (Lipinski definition) is 1. The van der Waals surface area contributed by atoms with Crippen LogP contribution in [0.1, 0.15) is 34.1 Å². The molecule has 0 aromatic carbocycles. The van der Waals surface area contributed by atoms with Crippen LogP contribution in [0, 0.1) is 0 Å². The van der Waals surface area contributed by atoms with Gasteiger partial charge in [0.2, 0.25) is 0 Å². The van der Waals surface area contributed by atoms with Crippen LogP contribution in [-0.4, -0.2) is 18.3 Å². The Morgan fingerprint density at radius 3 is 2.42 bits per heavy atom. The molecule has 0 fully saturated rings. The van der Waals surface area contributed by atoms with Crippen LogP contribution >= 0.6 is 0 Å². The average molecular weight is 175 g/mol. The molecule has 0 aromatic heterocycles. The first-order chi connectivity index (χ1) is 5.52. The molecule has 0 spiro atoms. The monoisotopic (exact) mass is 175 g/mol. The highest BCUT2D eigenvalue weighted by Gasteiger charge is 2.17. The summed E-state index contributed by atoms with van der Waals surface area (Å²) < 4.78 is 4.61. The molecule has 0 radical (unpaired) electrons. The number of hydroxylamine groups is 1. The Balaban J connectivity index is 3.60. The van der Waals surface area contributed by atoms with Gasteiger partial charge in [0, 0.05) is 0 Å². The Morgan fingerprint density at radius 1 is 1.42 bits per heavy atom. The maximum atomic E-state index is 10.7. The molecule has 0 rings (SSSR count). The lowest BCUT2D eigenvalue weighted by molar-refractivity contribution is -0.0785. The number of ether oxygens (including phenoxy) is 1. The molecule has 1 amide bonds. The third kappa shape index (κ3) is 4.96. The van der Waals surface area contributed by atoms with Gasteiger partial charge in [-0.3, -0.25) is 4.84 Å². The predicted molar refractivity (Wildman–Crippen MR) is 45.6 cm³/mol. The second kappa shape index (κ2) is 4.98. The van der Waals surface area contributed by atoms with Gasteiger partial charge in [0.05, 0.1) is 12.2 Å². The number of rotatable bonds is 4. The summed E-state index contributed by atoms with van der Waals surface area (Å²) in [6.07, 6.45) is 0.276. The third-order valence-corrected chi connectivity index (χ3v) is 1.54. The fourth-order valence-corrected chi connectivity index (χ4v) is 0.413. The number of amides is 1. The fourth-order valence-electron chi connectivity index (χ4n) is 0.413. The summed E-state index contributed by atoms with van der Waals surface area (Å²) in [5.41, 5.74) is 1.87. The molecule has 0 unspecified atom stereocenters. The average Bonchev–Trinajstić information content (AvgIpc) is 2.02. The maximum absolute atomic E-state index is 10.7. The van der Waals surface area contributed by atoms with E-state index in [0.717, 1.165) is 6.42 Å². The molecule has 0 aliphatic rings. The van der Waals surface area contributed by atoms with Gasteiger partial charge in [0.25, 0.3) is 0 Å². The molecule has 0 aliphatic heterocycles. The van der Waals surface area contributed by atoms with Gasteiger partial charge < -0.3 is 4.74 Å². The van der Waals surface area contributed by atoms with E-state index < -0.39 is 6.09 Å². The summed E-state index contributed by atoms with van der Waals surface area (Å²) in [5, 5.41) is 0. The Bertz CT molecular complexity index is 145. The van der Waals surface area contributed by atoms with Gasteiger partial charge in [-0.2, -0.15) is 5.48 Å². The van der Waals surface area contributed by atoms with Crippen molar-refractivity contribution in [3.63, 3.8) is 0 Å². The zero-order chi connectivity index (χ0) is 9.61. The van der Waals surface area contributed by atoms with Gasteiger partial charge in [-0.05, 0) is 27.2 Å². The SMILES string of the molecule is CCOC(=O)NOC(C)(C)CC. The lowest BCUT2D eigenvalue weighted by atomic mass is 10.1. The van der Waals surface area contributed by atoms with Crippen molar-refractivity contribution in [3.8, 4) is 0 Å². The molecule has 4 heteroatoms. The van der Waals surface area contributed by atoms with E-state index in [-0.39, 0.29) is 5.60 Å². The lowest BCUT2D eigenvalue weighted by Crippen LogP contribution is -2.35. The molecule has 0 aromatic rings. The Kier molecular flexibility index (Phi) is 4.66. The number of carbonyl (C=O) groups is 1. The van der Waals surface area contributed by atoms with Gasteiger partial charge in [0.1, 0.15) is 0 Å². The van der Waals surface area contributed by atoms with Crippen molar-refractivity contribution in [2.45, 2.75) is 39.7 Å². The first kappa shape index (κ1) is 11.2. The molecular weight excluding hydrogens is 158 g/mol. The van der Waals surface area contributed by atoms with Crippen molar-refractivity contribution in [1.82, 2.24) is 5.48 Å². The molecule has 72 valence electrons. The van der Waals surface area contributed by atoms with Crippen LogP contribution in [0.2, 0.25) is 0 Å². The van der Waals surface area contributed by atoms with Gasteiger partial charge in [-0.15, -0.1) is 0 Å². The van der Waals surface area contributed by atoms with Crippen molar-refractivity contribution in [2.75, 3.05) is 6.61 Å². The fraction of sp³-hybridized carbons (Fsp3) is 0.875. The lowest BCUT2D eigenvalue weighted by Gasteiger charge is -2.22. The maximum Gasteiger partial charge on any atom is 0.431 e. The zero-order valence-electron chi connectivity index (χ0n) is 8.14. The molecule has 1 N–H and O–H groups in total. The highest BCUT2D eigenvalue weighted by atomic mass is 16.7. The molecule has 0 aliphatic carbocycles. The van der Waals surface area contributed by atoms with E-state index in [4.69, 9.17) is 4.84 Å². The first-order valence-electron chi connectivity index (χ1n) is 4.12. The highest BCUT2D eigenvalue weighted by Crippen LogP contribution is 2.10. The Hall–Kier alpha value is -0.770. The van der Waals surface area contributed by atoms with E-state index in [9.17, 15) is 4.79 Å². The van der Waals surface area contributed by atoms with Gasteiger partial charge in [-0.1, -0.05) is 6.92 Å². The van der Waals surface area contributed by atoms with Gasteiger partial charge >= 0.3 is 6.09 Å². The van der Waals surface area contributed by atoms with Crippen molar-refractivity contribution >= 4 is 6.09 Å². The topological polar surface area (TPSA) is 47.6 Å². The molecule has 4 nitrogen and oxygen atoms in total. The normalized spacial score (nSPS) is 11.0. The van der Waals surface area contributed by atoms with Crippen molar-refractivity contribution in [1.29, 1.82) is 0 Å². The van der Waals surface area contributed by atoms with Crippen LogP contribution in [0.5, 0.6) is 0 Å². The van der Waals surface area contributed by atoms with E-state index in [1.807, 2.05) is 20.8 Å². The van der Waals surface area contributed by atoms with Crippen LogP contribution in [-0.2, 0) is 9.57 Å². The van der Waals surface area contributed by atoms with Crippen LogP contribution in [0.25, 0.3) is 0 Å². The zero-order valence-corrected chi connectivity index (χ0v) is 8.14. The van der Waals surface area contributed by atoms with E-state index >= 15 is 0 Å². The quantitative estimate of drug-likeness (QED) is 0.663. The summed E-state index contributed by atoms with van der Waals surface area (Å²) in [7, 11) is 0. The molecular formula is C8H17NO3. The number of nitrogens with one attached hydrogen (secondary N) is 1. The van der Waals surface area contributed by atoms with Crippen molar-refractivity contribution in [2.24, 2.45) is 0 Å². The minimum Gasteiger partial charge on any atom is -0.448 e. The predicted octanol–water partition coefficient (Wildman–Crippen LogP) is 1.85. The molecule has 0 bridgehead atoms. The van der Waals surface area contributed by atoms with Gasteiger partial charge in [0.15, 0.2) is 0 Å². The second-order valence-electron chi connectivity index (χ2n) is 3.04. The summed E-state index contributed by atoms with van der Waals surface area (Å²) >= 11 is 0. The second-order valence-corrected chi connectivity index (χ2v) is 3.04. The van der Waals surface area contributed by atoms with Crippen molar-refractivity contribution < 1.29 is 14.4 Å². The minimum absolute atomic E-state index is 0.341. The van der Waals surface area contributed by atoms with Crippen molar-refractivity contribution in [3.05, 3.63) is 0 Å². The molecule has 0 saturated carbocycles.